The van der Waals surface area contributed by atoms with Crippen molar-refractivity contribution in [3.8, 4) is 11.4 Å². The van der Waals surface area contributed by atoms with Gasteiger partial charge in [0.2, 0.25) is 0 Å². The first-order valence-electron chi connectivity index (χ1n) is 6.26. The number of halogens is 1. The first-order valence-corrected chi connectivity index (χ1v) is 6.64. The molecule has 5 heteroatoms. The highest BCUT2D eigenvalue weighted by atomic mass is 35.5. The molecule has 98 valence electrons. The van der Waals surface area contributed by atoms with E-state index in [4.69, 9.17) is 11.6 Å². The van der Waals surface area contributed by atoms with Crippen molar-refractivity contribution >= 4 is 17.6 Å². The van der Waals surface area contributed by atoms with Crippen molar-refractivity contribution in [3.63, 3.8) is 0 Å². The Labute approximate surface area is 115 Å². The number of rotatable bonds is 2. The van der Waals surface area contributed by atoms with Crippen LogP contribution in [0.25, 0.3) is 11.4 Å². The van der Waals surface area contributed by atoms with Crippen LogP contribution < -0.4 is 0 Å². The van der Waals surface area contributed by atoms with E-state index in [9.17, 15) is 9.90 Å². The van der Waals surface area contributed by atoms with Crippen LogP contribution in [0.4, 0.5) is 0 Å². The van der Waals surface area contributed by atoms with Crippen LogP contribution in [-0.2, 0) is 13.0 Å². The summed E-state index contributed by atoms with van der Waals surface area (Å²) in [4.78, 5) is 15.6. The van der Waals surface area contributed by atoms with Gasteiger partial charge in [0, 0.05) is 12.1 Å². The molecule has 0 fully saturated rings. The summed E-state index contributed by atoms with van der Waals surface area (Å²) in [7, 11) is 0. The van der Waals surface area contributed by atoms with E-state index in [1.165, 1.54) is 0 Å². The largest absolute Gasteiger partial charge is 0.476 e. The molecular weight excluding hydrogens is 264 g/mol. The minimum atomic E-state index is -0.969. The molecule has 1 aromatic heterocycles. The monoisotopic (exact) mass is 276 g/mol. The lowest BCUT2D eigenvalue weighted by atomic mass is 10.1. The van der Waals surface area contributed by atoms with Crippen LogP contribution in [0.2, 0.25) is 5.02 Å². The molecule has 0 saturated heterocycles. The maximum Gasteiger partial charge on any atom is 0.356 e. The fraction of sp³-hybridized carbons (Fsp3) is 0.286. The van der Waals surface area contributed by atoms with Crippen LogP contribution in [0.1, 0.15) is 29.0 Å². The number of fused-ring (bicyclic) bond motifs is 1. The maximum atomic E-state index is 11.3. The van der Waals surface area contributed by atoms with Crippen LogP contribution in [-0.4, -0.2) is 20.6 Å². The van der Waals surface area contributed by atoms with Gasteiger partial charge in [0.1, 0.15) is 5.82 Å². The van der Waals surface area contributed by atoms with Crippen LogP contribution in [0.3, 0.4) is 0 Å². The normalized spacial score (nSPS) is 14.2. The maximum absolute atomic E-state index is 11.3. The molecule has 0 atom stereocenters. The molecule has 0 radical (unpaired) electrons. The van der Waals surface area contributed by atoms with Gasteiger partial charge in [-0.1, -0.05) is 23.7 Å². The highest BCUT2D eigenvalue weighted by Gasteiger charge is 2.25. The number of hydrogen-bond donors (Lipinski definition) is 1. The van der Waals surface area contributed by atoms with Crippen molar-refractivity contribution in [1.29, 1.82) is 0 Å². The molecule has 0 saturated carbocycles. The highest BCUT2D eigenvalue weighted by Crippen LogP contribution is 2.31. The molecular formula is C14H13ClN2O2. The van der Waals surface area contributed by atoms with Gasteiger partial charge in [0.05, 0.1) is 10.7 Å². The molecule has 0 unspecified atom stereocenters. The van der Waals surface area contributed by atoms with E-state index in [0.717, 1.165) is 37.1 Å². The lowest BCUT2D eigenvalue weighted by Crippen LogP contribution is -2.13. The Bertz CT molecular complexity index is 649. The van der Waals surface area contributed by atoms with Gasteiger partial charge in [-0.3, -0.25) is 0 Å². The lowest BCUT2D eigenvalue weighted by Gasteiger charge is -2.17. The number of aromatic nitrogens is 2. The highest BCUT2D eigenvalue weighted by molar-refractivity contribution is 6.33. The van der Waals surface area contributed by atoms with E-state index in [1.807, 2.05) is 22.8 Å². The van der Waals surface area contributed by atoms with Crippen molar-refractivity contribution in [2.45, 2.75) is 25.8 Å². The fourth-order valence-electron chi connectivity index (χ4n) is 2.56. The average Bonchev–Trinajstić information content (AvgIpc) is 2.79. The number of imidazole rings is 1. The summed E-state index contributed by atoms with van der Waals surface area (Å²) < 4.78 is 1.99. The summed E-state index contributed by atoms with van der Waals surface area (Å²) in [6.45, 7) is 0.802. The molecule has 0 bridgehead atoms. The molecule has 0 spiro atoms. The summed E-state index contributed by atoms with van der Waals surface area (Å²) in [6, 6.07) is 7.40. The summed E-state index contributed by atoms with van der Waals surface area (Å²) in [5.74, 6) is -0.304. The van der Waals surface area contributed by atoms with E-state index >= 15 is 0 Å². The van der Waals surface area contributed by atoms with E-state index in [2.05, 4.69) is 4.98 Å². The van der Waals surface area contributed by atoms with E-state index < -0.39 is 5.97 Å². The predicted molar refractivity (Wildman–Crippen MR) is 72.6 cm³/mol. The van der Waals surface area contributed by atoms with Crippen LogP contribution >= 0.6 is 11.6 Å². The van der Waals surface area contributed by atoms with Gasteiger partial charge in [0.15, 0.2) is 5.69 Å². The molecule has 0 aliphatic carbocycles. The summed E-state index contributed by atoms with van der Waals surface area (Å²) >= 11 is 6.19. The minimum Gasteiger partial charge on any atom is -0.476 e. The lowest BCUT2D eigenvalue weighted by molar-refractivity contribution is 0.0689. The Morgan fingerprint density at radius 2 is 2.11 bits per heavy atom. The van der Waals surface area contributed by atoms with Gasteiger partial charge < -0.3 is 9.67 Å². The fourth-order valence-corrected chi connectivity index (χ4v) is 2.78. The number of aromatic carboxylic acids is 1. The van der Waals surface area contributed by atoms with Crippen molar-refractivity contribution in [3.05, 3.63) is 40.7 Å². The molecule has 19 heavy (non-hydrogen) atoms. The van der Waals surface area contributed by atoms with Crippen molar-refractivity contribution in [1.82, 2.24) is 9.55 Å². The molecule has 1 aliphatic rings. The zero-order valence-corrected chi connectivity index (χ0v) is 11.0. The van der Waals surface area contributed by atoms with Gasteiger partial charge in [-0.05, 0) is 31.4 Å². The zero-order chi connectivity index (χ0) is 13.4. The second-order valence-corrected chi connectivity index (χ2v) is 5.03. The van der Waals surface area contributed by atoms with Crippen molar-refractivity contribution in [2.24, 2.45) is 0 Å². The molecule has 2 heterocycles. The predicted octanol–water partition coefficient (Wildman–Crippen LogP) is 3.24. The van der Waals surface area contributed by atoms with Gasteiger partial charge in [-0.25, -0.2) is 9.78 Å². The van der Waals surface area contributed by atoms with Gasteiger partial charge in [-0.2, -0.15) is 0 Å². The second kappa shape index (κ2) is 4.70. The first kappa shape index (κ1) is 12.2. The Kier molecular flexibility index (Phi) is 3.03. The van der Waals surface area contributed by atoms with Crippen LogP contribution in [0.15, 0.2) is 24.3 Å². The molecule has 4 nitrogen and oxygen atoms in total. The first-order chi connectivity index (χ1) is 9.18. The summed E-state index contributed by atoms with van der Waals surface area (Å²) in [6.07, 6.45) is 2.81. The smallest absolute Gasteiger partial charge is 0.356 e. The molecule has 1 aromatic carbocycles. The number of carboxylic acids is 1. The Hall–Kier alpha value is -1.81. The standard InChI is InChI=1S/C14H13ClN2O2/c15-10-6-2-1-5-9(10)13-16-12(14(18)19)11-7-3-4-8-17(11)13/h1-2,5-6H,3-4,7-8H2,(H,18,19). The van der Waals surface area contributed by atoms with Gasteiger partial charge in [0.25, 0.3) is 0 Å². The minimum absolute atomic E-state index is 0.162. The number of carbonyl (C=O) groups is 1. The quantitative estimate of drug-likeness (QED) is 0.916. The van der Waals surface area contributed by atoms with E-state index in [-0.39, 0.29) is 5.69 Å². The molecule has 0 amide bonds. The summed E-state index contributed by atoms with van der Waals surface area (Å²) in [5.41, 5.74) is 1.77. The Morgan fingerprint density at radius 1 is 1.32 bits per heavy atom. The number of benzene rings is 1. The van der Waals surface area contributed by atoms with Gasteiger partial charge >= 0.3 is 5.97 Å². The third kappa shape index (κ3) is 2.02. The SMILES string of the molecule is O=C(O)c1nc(-c2ccccc2Cl)n2c1CCCC2. The summed E-state index contributed by atoms with van der Waals surface area (Å²) in [5, 5.41) is 9.86. The van der Waals surface area contributed by atoms with E-state index in [1.54, 1.807) is 6.07 Å². The number of hydrogen-bond acceptors (Lipinski definition) is 2. The van der Waals surface area contributed by atoms with Gasteiger partial charge in [-0.15, -0.1) is 0 Å². The molecule has 3 rings (SSSR count). The Morgan fingerprint density at radius 3 is 2.84 bits per heavy atom. The Balaban J connectivity index is 2.22. The van der Waals surface area contributed by atoms with Crippen LogP contribution in [0.5, 0.6) is 0 Å². The van der Waals surface area contributed by atoms with E-state index in [0.29, 0.717) is 10.8 Å². The molecule has 1 N–H and O–H groups in total. The molecule has 1 aliphatic heterocycles. The topological polar surface area (TPSA) is 55.1 Å². The average molecular weight is 277 g/mol. The second-order valence-electron chi connectivity index (χ2n) is 4.62. The number of nitrogens with zero attached hydrogens (tertiary/aromatic N) is 2. The number of carboxylic acid groups (broad SMARTS) is 1. The van der Waals surface area contributed by atoms with Crippen molar-refractivity contribution in [2.75, 3.05) is 0 Å². The third-order valence-corrected chi connectivity index (χ3v) is 3.76. The van der Waals surface area contributed by atoms with Crippen molar-refractivity contribution < 1.29 is 9.90 Å². The third-order valence-electron chi connectivity index (χ3n) is 3.44. The molecule has 2 aromatic rings. The van der Waals surface area contributed by atoms with Crippen LogP contribution in [0, 0.1) is 0 Å². The zero-order valence-electron chi connectivity index (χ0n) is 10.3.